The molecule has 1 aliphatic heterocycles. The van der Waals surface area contributed by atoms with Crippen LogP contribution in [0.3, 0.4) is 0 Å². The van der Waals surface area contributed by atoms with Gasteiger partial charge in [-0.1, -0.05) is 34.1 Å². The van der Waals surface area contributed by atoms with Crippen molar-refractivity contribution < 1.29 is 5.11 Å². The summed E-state index contributed by atoms with van der Waals surface area (Å²) < 4.78 is 1.22. The number of hydrazine groups is 1. The van der Waals surface area contributed by atoms with Gasteiger partial charge in [0, 0.05) is 23.0 Å². The first kappa shape index (κ1) is 13.8. The van der Waals surface area contributed by atoms with Crippen molar-refractivity contribution in [2.45, 2.75) is 0 Å². The Morgan fingerprint density at radius 1 is 1.33 bits per heavy atom. The number of aliphatic hydroxyl groups excluding tert-OH is 1. The van der Waals surface area contributed by atoms with Crippen LogP contribution in [-0.2, 0) is 0 Å². The minimum absolute atomic E-state index is 0.238. The van der Waals surface area contributed by atoms with Crippen LogP contribution in [0.4, 0.5) is 5.69 Å². The Kier molecular flexibility index (Phi) is 4.97. The fourth-order valence-corrected chi connectivity index (χ4v) is 3.57. The lowest BCUT2D eigenvalue weighted by Gasteiger charge is -2.30. The van der Waals surface area contributed by atoms with Gasteiger partial charge in [0.15, 0.2) is 0 Å². The third-order valence-corrected chi connectivity index (χ3v) is 4.54. The molecule has 0 unspecified atom stereocenters. The van der Waals surface area contributed by atoms with Gasteiger partial charge in [0.05, 0.1) is 24.5 Å². The Bertz CT molecular complexity index is 424. The minimum atomic E-state index is 0.238. The van der Waals surface area contributed by atoms with E-state index in [0.717, 1.165) is 18.1 Å². The average Bonchev–Trinajstić information content (AvgIpc) is 2.68. The molecule has 0 saturated heterocycles. The molecular weight excluding hydrogens is 312 g/mol. The van der Waals surface area contributed by atoms with Crippen LogP contribution in [0.2, 0.25) is 0 Å². The van der Waals surface area contributed by atoms with E-state index >= 15 is 0 Å². The molecule has 0 fully saturated rings. The lowest BCUT2D eigenvalue weighted by atomic mass is 10.3. The molecule has 1 heterocycles. The van der Waals surface area contributed by atoms with Crippen LogP contribution < -0.4 is 5.01 Å². The second-order valence-electron chi connectivity index (χ2n) is 4.04. The summed E-state index contributed by atoms with van der Waals surface area (Å²) in [6.07, 6.45) is 0. The molecule has 0 amide bonds. The van der Waals surface area contributed by atoms with Crippen LogP contribution in [0, 0.1) is 0 Å². The van der Waals surface area contributed by atoms with Crippen LogP contribution in [0.25, 0.3) is 0 Å². The summed E-state index contributed by atoms with van der Waals surface area (Å²) in [4.78, 5) is 0. The molecule has 0 aliphatic carbocycles. The molecule has 18 heavy (non-hydrogen) atoms. The van der Waals surface area contributed by atoms with E-state index in [1.807, 2.05) is 6.07 Å². The molecule has 0 radical (unpaired) electrons. The SMILES string of the molecule is CN1C(CSCCO)=C(Br)CN1c1ccccc1. The van der Waals surface area contributed by atoms with Crippen molar-refractivity contribution in [1.29, 1.82) is 0 Å². The first-order chi connectivity index (χ1) is 8.74. The highest BCUT2D eigenvalue weighted by Crippen LogP contribution is 2.32. The predicted octanol–water partition coefficient (Wildman–Crippen LogP) is 2.69. The maximum atomic E-state index is 8.83. The van der Waals surface area contributed by atoms with Gasteiger partial charge in [-0.15, -0.1) is 0 Å². The van der Waals surface area contributed by atoms with E-state index in [1.54, 1.807) is 11.8 Å². The topological polar surface area (TPSA) is 26.7 Å². The van der Waals surface area contributed by atoms with Gasteiger partial charge in [0.25, 0.3) is 0 Å². The summed E-state index contributed by atoms with van der Waals surface area (Å²) in [6, 6.07) is 10.4. The number of hydrogen-bond donors (Lipinski definition) is 1. The first-order valence-electron chi connectivity index (χ1n) is 5.86. The number of nitrogens with zero attached hydrogens (tertiary/aromatic N) is 2. The van der Waals surface area contributed by atoms with Crippen molar-refractivity contribution >= 4 is 33.4 Å². The molecule has 98 valence electrons. The summed E-state index contributed by atoms with van der Waals surface area (Å²) in [5.74, 6) is 1.70. The monoisotopic (exact) mass is 328 g/mol. The lowest BCUT2D eigenvalue weighted by molar-refractivity contribution is 0.322. The molecule has 1 aliphatic rings. The Morgan fingerprint density at radius 2 is 2.06 bits per heavy atom. The van der Waals surface area contributed by atoms with Gasteiger partial charge in [0.1, 0.15) is 0 Å². The number of aliphatic hydroxyl groups is 1. The quantitative estimate of drug-likeness (QED) is 0.841. The van der Waals surface area contributed by atoms with Gasteiger partial charge in [0.2, 0.25) is 0 Å². The fraction of sp³-hybridized carbons (Fsp3) is 0.385. The number of anilines is 1. The maximum absolute atomic E-state index is 8.83. The summed E-state index contributed by atoms with van der Waals surface area (Å²) in [5, 5.41) is 13.2. The molecule has 0 spiro atoms. The van der Waals surface area contributed by atoms with Crippen molar-refractivity contribution in [3.8, 4) is 0 Å². The normalized spacial score (nSPS) is 15.7. The maximum Gasteiger partial charge on any atom is 0.0730 e. The number of thioether (sulfide) groups is 1. The van der Waals surface area contributed by atoms with Crippen LogP contribution in [0.15, 0.2) is 40.5 Å². The standard InChI is InChI=1S/C13H17BrN2OS/c1-15-13(10-18-8-7-17)12(14)9-16(15)11-5-3-2-4-6-11/h2-6,17H,7-10H2,1H3. The summed E-state index contributed by atoms with van der Waals surface area (Å²) in [7, 11) is 2.08. The van der Waals surface area contributed by atoms with Crippen LogP contribution in [-0.4, -0.2) is 41.8 Å². The van der Waals surface area contributed by atoms with Gasteiger partial charge >= 0.3 is 0 Å². The zero-order valence-corrected chi connectivity index (χ0v) is 12.7. The molecule has 0 aromatic heterocycles. The van der Waals surface area contributed by atoms with Gasteiger partial charge < -0.3 is 5.11 Å². The lowest BCUT2D eigenvalue weighted by Crippen LogP contribution is -2.34. The third kappa shape index (κ3) is 3.02. The molecule has 1 aromatic rings. The summed E-state index contributed by atoms with van der Waals surface area (Å²) in [6.45, 7) is 1.11. The summed E-state index contributed by atoms with van der Waals surface area (Å²) in [5.41, 5.74) is 2.47. The molecule has 1 N–H and O–H groups in total. The number of para-hydroxylation sites is 1. The molecule has 3 nitrogen and oxygen atoms in total. The summed E-state index contributed by atoms with van der Waals surface area (Å²) >= 11 is 5.40. The second-order valence-corrected chi connectivity index (χ2v) is 6.11. The molecule has 1 aromatic carbocycles. The van der Waals surface area contributed by atoms with Crippen molar-refractivity contribution in [1.82, 2.24) is 5.01 Å². The average molecular weight is 329 g/mol. The van der Waals surface area contributed by atoms with Crippen LogP contribution in [0.1, 0.15) is 0 Å². The molecule has 5 heteroatoms. The molecular formula is C13H17BrN2OS. The van der Waals surface area contributed by atoms with E-state index in [0.29, 0.717) is 0 Å². The second kappa shape index (κ2) is 6.50. The van der Waals surface area contributed by atoms with Crippen LogP contribution >= 0.6 is 27.7 Å². The molecule has 2 rings (SSSR count). The van der Waals surface area contributed by atoms with Crippen molar-refractivity contribution in [3.63, 3.8) is 0 Å². The van der Waals surface area contributed by atoms with Gasteiger partial charge in [-0.2, -0.15) is 11.8 Å². The van der Waals surface area contributed by atoms with Crippen molar-refractivity contribution in [3.05, 3.63) is 40.5 Å². The largest absolute Gasteiger partial charge is 0.396 e. The number of rotatable bonds is 5. The smallest absolute Gasteiger partial charge is 0.0730 e. The Balaban J connectivity index is 2.04. The van der Waals surface area contributed by atoms with E-state index in [9.17, 15) is 0 Å². The number of benzene rings is 1. The van der Waals surface area contributed by atoms with E-state index in [2.05, 4.69) is 57.3 Å². The highest BCUT2D eigenvalue weighted by molar-refractivity contribution is 9.11. The Labute approximate surface area is 121 Å². The molecule has 0 bridgehead atoms. The number of hydrogen-bond acceptors (Lipinski definition) is 4. The van der Waals surface area contributed by atoms with Gasteiger partial charge in [-0.25, -0.2) is 0 Å². The number of halogens is 1. The Morgan fingerprint density at radius 3 is 2.72 bits per heavy atom. The molecule has 0 atom stereocenters. The van der Waals surface area contributed by atoms with Crippen LogP contribution in [0.5, 0.6) is 0 Å². The fourth-order valence-electron chi connectivity index (χ4n) is 1.92. The minimum Gasteiger partial charge on any atom is -0.396 e. The Hall–Kier alpha value is -0.650. The third-order valence-electron chi connectivity index (χ3n) is 2.88. The van der Waals surface area contributed by atoms with E-state index in [1.165, 1.54) is 15.9 Å². The first-order valence-corrected chi connectivity index (χ1v) is 7.81. The van der Waals surface area contributed by atoms with E-state index < -0.39 is 0 Å². The molecule has 0 saturated carbocycles. The van der Waals surface area contributed by atoms with Crippen molar-refractivity contribution in [2.75, 3.05) is 36.7 Å². The van der Waals surface area contributed by atoms with E-state index in [-0.39, 0.29) is 6.61 Å². The zero-order valence-electron chi connectivity index (χ0n) is 10.3. The van der Waals surface area contributed by atoms with Crippen molar-refractivity contribution in [2.24, 2.45) is 0 Å². The highest BCUT2D eigenvalue weighted by atomic mass is 79.9. The van der Waals surface area contributed by atoms with Gasteiger partial charge in [-0.3, -0.25) is 10.0 Å². The van der Waals surface area contributed by atoms with E-state index in [4.69, 9.17) is 5.11 Å². The van der Waals surface area contributed by atoms with Gasteiger partial charge in [-0.05, 0) is 12.1 Å². The highest BCUT2D eigenvalue weighted by Gasteiger charge is 2.25. The predicted molar refractivity (Wildman–Crippen MR) is 81.9 cm³/mol. The zero-order chi connectivity index (χ0) is 13.0.